The Bertz CT molecular complexity index is 1000. The average Bonchev–Trinajstić information content (AvgIpc) is 3.16. The number of hydrogen-bond donors (Lipinski definition) is 3. The zero-order valence-corrected chi connectivity index (χ0v) is 13.4. The van der Waals surface area contributed by atoms with E-state index in [-0.39, 0.29) is 6.61 Å². The predicted molar refractivity (Wildman–Crippen MR) is 96.4 cm³/mol. The highest BCUT2D eigenvalue weighted by Crippen LogP contribution is 2.25. The number of para-hydroxylation sites is 2. The number of aliphatic hydroxyl groups is 2. The number of imidazole rings is 1. The van der Waals surface area contributed by atoms with Gasteiger partial charge in [0.05, 0.1) is 36.2 Å². The van der Waals surface area contributed by atoms with Crippen LogP contribution in [0.2, 0.25) is 0 Å². The van der Waals surface area contributed by atoms with Crippen molar-refractivity contribution in [2.24, 2.45) is 0 Å². The lowest BCUT2D eigenvalue weighted by Crippen LogP contribution is -2.31. The molecule has 0 unspecified atom stereocenters. The van der Waals surface area contributed by atoms with Gasteiger partial charge < -0.3 is 15.5 Å². The summed E-state index contributed by atoms with van der Waals surface area (Å²) in [6.45, 7) is -0.231. The molecule has 0 fully saturated rings. The van der Waals surface area contributed by atoms with Crippen LogP contribution in [0.15, 0.2) is 67.1 Å². The van der Waals surface area contributed by atoms with E-state index in [1.807, 2.05) is 59.0 Å². The standard InChI is InChI=1S/C19H18N4O2/c24-11-15(18(25)13-6-2-1-3-7-13)22-19-17-10-20-12-23(17)16-9-5-4-8-14(16)21-19/h1-10,12,15,18,24-25H,11H2,(H,21,22)/t15-,18+/m0/s1. The Labute approximate surface area is 144 Å². The molecule has 4 aromatic rings. The quantitative estimate of drug-likeness (QED) is 0.522. The van der Waals surface area contributed by atoms with Crippen LogP contribution in [-0.2, 0) is 0 Å². The van der Waals surface area contributed by atoms with Crippen molar-refractivity contribution in [3.8, 4) is 0 Å². The molecule has 3 N–H and O–H groups in total. The van der Waals surface area contributed by atoms with Crippen LogP contribution in [-0.4, -0.2) is 37.2 Å². The zero-order chi connectivity index (χ0) is 17.2. The van der Waals surface area contributed by atoms with E-state index in [0.29, 0.717) is 5.82 Å². The van der Waals surface area contributed by atoms with Crippen LogP contribution in [0.3, 0.4) is 0 Å². The van der Waals surface area contributed by atoms with Gasteiger partial charge in [0.15, 0.2) is 5.82 Å². The summed E-state index contributed by atoms with van der Waals surface area (Å²) in [5, 5.41) is 23.6. The van der Waals surface area contributed by atoms with Gasteiger partial charge in [-0.15, -0.1) is 0 Å². The lowest BCUT2D eigenvalue weighted by atomic mass is 10.0. The third kappa shape index (κ3) is 2.82. The molecular formula is C19H18N4O2. The van der Waals surface area contributed by atoms with Gasteiger partial charge in [0.1, 0.15) is 11.6 Å². The second-order valence-corrected chi connectivity index (χ2v) is 5.89. The Morgan fingerprint density at radius 3 is 2.56 bits per heavy atom. The molecule has 0 saturated carbocycles. The van der Waals surface area contributed by atoms with E-state index in [4.69, 9.17) is 0 Å². The SMILES string of the molecule is OC[C@H](Nc1nc2ccccc2n2cncc12)[C@H](O)c1ccccc1. The van der Waals surface area contributed by atoms with Crippen molar-refractivity contribution in [1.29, 1.82) is 0 Å². The highest BCUT2D eigenvalue weighted by Gasteiger charge is 2.22. The minimum atomic E-state index is -0.859. The van der Waals surface area contributed by atoms with Crippen LogP contribution in [0.4, 0.5) is 5.82 Å². The number of aliphatic hydroxyl groups excluding tert-OH is 2. The number of hydrogen-bond acceptors (Lipinski definition) is 5. The number of nitrogens with zero attached hydrogens (tertiary/aromatic N) is 3. The maximum absolute atomic E-state index is 10.6. The highest BCUT2D eigenvalue weighted by atomic mass is 16.3. The van der Waals surface area contributed by atoms with Crippen LogP contribution < -0.4 is 5.32 Å². The van der Waals surface area contributed by atoms with E-state index in [9.17, 15) is 10.2 Å². The molecule has 0 saturated heterocycles. The second-order valence-electron chi connectivity index (χ2n) is 5.89. The van der Waals surface area contributed by atoms with Gasteiger partial charge in [-0.1, -0.05) is 42.5 Å². The topological polar surface area (TPSA) is 82.7 Å². The van der Waals surface area contributed by atoms with Crippen molar-refractivity contribution in [2.45, 2.75) is 12.1 Å². The fourth-order valence-electron chi connectivity index (χ4n) is 2.99. The van der Waals surface area contributed by atoms with Crippen molar-refractivity contribution >= 4 is 22.4 Å². The second kappa shape index (κ2) is 6.51. The number of rotatable bonds is 5. The van der Waals surface area contributed by atoms with E-state index in [2.05, 4.69) is 15.3 Å². The van der Waals surface area contributed by atoms with E-state index >= 15 is 0 Å². The highest BCUT2D eigenvalue weighted by molar-refractivity contribution is 5.84. The summed E-state index contributed by atoms with van der Waals surface area (Å²) < 4.78 is 1.94. The fourth-order valence-corrected chi connectivity index (χ4v) is 2.99. The molecule has 2 atom stereocenters. The maximum atomic E-state index is 10.6. The number of nitrogens with one attached hydrogen (secondary N) is 1. The van der Waals surface area contributed by atoms with Crippen LogP contribution >= 0.6 is 0 Å². The average molecular weight is 334 g/mol. The number of aromatic nitrogens is 3. The maximum Gasteiger partial charge on any atom is 0.153 e. The van der Waals surface area contributed by atoms with E-state index in [0.717, 1.165) is 22.1 Å². The van der Waals surface area contributed by atoms with Gasteiger partial charge in [-0.05, 0) is 17.7 Å². The number of benzene rings is 2. The Kier molecular flexibility index (Phi) is 4.05. The molecule has 126 valence electrons. The molecule has 0 bridgehead atoms. The Morgan fingerprint density at radius 2 is 1.76 bits per heavy atom. The van der Waals surface area contributed by atoms with E-state index in [1.54, 1.807) is 12.5 Å². The summed E-state index contributed by atoms with van der Waals surface area (Å²) in [5.74, 6) is 0.574. The minimum absolute atomic E-state index is 0.231. The number of anilines is 1. The first-order chi connectivity index (χ1) is 12.3. The molecule has 4 rings (SSSR count). The molecule has 0 aliphatic carbocycles. The van der Waals surface area contributed by atoms with Crippen LogP contribution in [0.5, 0.6) is 0 Å². The largest absolute Gasteiger partial charge is 0.394 e. The van der Waals surface area contributed by atoms with Gasteiger partial charge in [0, 0.05) is 0 Å². The smallest absolute Gasteiger partial charge is 0.153 e. The summed E-state index contributed by atoms with van der Waals surface area (Å²) in [5.41, 5.74) is 3.28. The van der Waals surface area contributed by atoms with Gasteiger partial charge in [-0.25, -0.2) is 9.97 Å². The first kappa shape index (κ1) is 15.6. The lowest BCUT2D eigenvalue weighted by Gasteiger charge is -2.23. The number of fused-ring (bicyclic) bond motifs is 3. The van der Waals surface area contributed by atoms with Crippen molar-refractivity contribution in [2.75, 3.05) is 11.9 Å². The molecule has 25 heavy (non-hydrogen) atoms. The molecule has 2 aromatic heterocycles. The van der Waals surface area contributed by atoms with Gasteiger partial charge in [-0.3, -0.25) is 4.40 Å². The third-order valence-electron chi connectivity index (χ3n) is 4.30. The Morgan fingerprint density at radius 1 is 1.00 bits per heavy atom. The van der Waals surface area contributed by atoms with Crippen molar-refractivity contribution in [3.63, 3.8) is 0 Å². The van der Waals surface area contributed by atoms with Crippen LogP contribution in [0.25, 0.3) is 16.6 Å². The zero-order valence-electron chi connectivity index (χ0n) is 13.4. The summed E-state index contributed by atoms with van der Waals surface area (Å²) in [6, 6.07) is 16.4. The molecule has 0 aliphatic rings. The van der Waals surface area contributed by atoms with Crippen molar-refractivity contribution in [3.05, 3.63) is 72.7 Å². The molecule has 2 heterocycles. The summed E-state index contributed by atoms with van der Waals surface area (Å²) in [4.78, 5) is 8.85. The molecule has 2 aromatic carbocycles. The summed E-state index contributed by atoms with van der Waals surface area (Å²) in [6.07, 6.45) is 2.58. The third-order valence-corrected chi connectivity index (χ3v) is 4.30. The monoisotopic (exact) mass is 334 g/mol. The molecular weight excluding hydrogens is 316 g/mol. The van der Waals surface area contributed by atoms with Crippen molar-refractivity contribution < 1.29 is 10.2 Å². The van der Waals surface area contributed by atoms with Crippen LogP contribution in [0, 0.1) is 0 Å². The van der Waals surface area contributed by atoms with Crippen molar-refractivity contribution in [1.82, 2.24) is 14.4 Å². The van der Waals surface area contributed by atoms with E-state index < -0.39 is 12.1 Å². The first-order valence-corrected chi connectivity index (χ1v) is 8.09. The predicted octanol–water partition coefficient (Wildman–Crippen LogP) is 2.39. The molecule has 6 nitrogen and oxygen atoms in total. The van der Waals surface area contributed by atoms with Crippen LogP contribution in [0.1, 0.15) is 11.7 Å². The molecule has 0 spiro atoms. The fraction of sp³-hybridized carbons (Fsp3) is 0.158. The normalized spacial score (nSPS) is 13.8. The molecule has 0 amide bonds. The molecule has 0 radical (unpaired) electrons. The van der Waals surface area contributed by atoms with Gasteiger partial charge in [0.2, 0.25) is 0 Å². The molecule has 6 heteroatoms. The summed E-state index contributed by atoms with van der Waals surface area (Å²) in [7, 11) is 0. The summed E-state index contributed by atoms with van der Waals surface area (Å²) >= 11 is 0. The Balaban J connectivity index is 1.74. The van der Waals surface area contributed by atoms with Gasteiger partial charge in [0.25, 0.3) is 0 Å². The first-order valence-electron chi connectivity index (χ1n) is 8.09. The van der Waals surface area contributed by atoms with E-state index in [1.165, 1.54) is 0 Å². The minimum Gasteiger partial charge on any atom is -0.394 e. The molecule has 0 aliphatic heterocycles. The lowest BCUT2D eigenvalue weighted by molar-refractivity contribution is 0.118. The Hall–Kier alpha value is -2.96. The van der Waals surface area contributed by atoms with Gasteiger partial charge in [-0.2, -0.15) is 0 Å². The van der Waals surface area contributed by atoms with Gasteiger partial charge >= 0.3 is 0 Å².